The molecule has 2 rings (SSSR count). The summed E-state index contributed by atoms with van der Waals surface area (Å²) in [5, 5.41) is 10.6. The summed E-state index contributed by atoms with van der Waals surface area (Å²) in [7, 11) is 0. The van der Waals surface area contributed by atoms with Crippen molar-refractivity contribution in [1.82, 2.24) is 0 Å². The molecule has 2 saturated heterocycles. The van der Waals surface area contributed by atoms with Crippen molar-refractivity contribution in [2.45, 2.75) is 110 Å². The third-order valence-electron chi connectivity index (χ3n) is 5.90. The monoisotopic (exact) mass is 636 g/mol. The minimum absolute atomic E-state index is 0.572. The Bertz CT molecular complexity index is 1090. The molecule has 2 fully saturated rings. The average molecular weight is 637 g/mol. The molecule has 2 aliphatic heterocycles. The van der Waals surface area contributed by atoms with Gasteiger partial charge >= 0.3 is 41.8 Å². The van der Waals surface area contributed by atoms with Crippen LogP contribution in [0, 0.1) is 0 Å². The van der Waals surface area contributed by atoms with Gasteiger partial charge in [-0.05, 0) is 0 Å². The Hall–Kier alpha value is -3.87. The highest BCUT2D eigenvalue weighted by Gasteiger charge is 2.57. The van der Waals surface area contributed by atoms with Gasteiger partial charge in [0.15, 0.2) is 43.1 Å². The summed E-state index contributed by atoms with van der Waals surface area (Å²) in [4.78, 5) is 83.5. The van der Waals surface area contributed by atoms with Crippen LogP contribution >= 0.6 is 0 Å². The molecule has 0 bridgehead atoms. The molecule has 2 aliphatic rings. The number of hydrogen-bond donors (Lipinski definition) is 1. The van der Waals surface area contributed by atoms with Crippen LogP contribution in [-0.4, -0.2) is 122 Å². The van der Waals surface area contributed by atoms with E-state index in [1.54, 1.807) is 0 Å². The van der Waals surface area contributed by atoms with Crippen LogP contribution in [0.2, 0.25) is 0 Å². The van der Waals surface area contributed by atoms with Gasteiger partial charge < -0.3 is 52.5 Å². The number of carbonyl (C=O) groups excluding carboxylic acids is 7. The topological polar surface area (TPSA) is 232 Å². The Morgan fingerprint density at radius 2 is 0.841 bits per heavy atom. The van der Waals surface area contributed by atoms with Gasteiger partial charge in [0.05, 0.1) is 0 Å². The molecule has 0 aromatic rings. The lowest BCUT2D eigenvalue weighted by Crippen LogP contribution is -2.67. The summed E-state index contributed by atoms with van der Waals surface area (Å²) in [5.41, 5.74) is 0. The maximum Gasteiger partial charge on any atom is 0.303 e. The smallest absolute Gasteiger partial charge is 0.303 e. The second-order valence-electron chi connectivity index (χ2n) is 9.68. The molecule has 1 N–H and O–H groups in total. The number of rotatable bonds is 11. The zero-order chi connectivity index (χ0) is 33.3. The SMILES string of the molecule is CC(=O)OC[C@H]1O[C@@H](O[C@H]2[C@H](OC(C)=O)[C@H](OC(C)=O)C(O)O[C@@H]2COC(C)=O)[C@@H](OC(C)=O)[C@@H](OC(C)=O)[C@@H]1OC(C)=O. The van der Waals surface area contributed by atoms with Crippen molar-refractivity contribution in [3.8, 4) is 0 Å². The minimum Gasteiger partial charge on any atom is -0.463 e. The molecule has 248 valence electrons. The van der Waals surface area contributed by atoms with E-state index >= 15 is 0 Å². The number of ether oxygens (including phenoxy) is 10. The number of aliphatic hydroxyl groups excluding tert-OH is 1. The number of hydrogen-bond acceptors (Lipinski definition) is 18. The molecule has 0 radical (unpaired) electrons. The van der Waals surface area contributed by atoms with Gasteiger partial charge in [-0.1, -0.05) is 0 Å². The quantitative estimate of drug-likeness (QED) is 0.203. The van der Waals surface area contributed by atoms with Gasteiger partial charge in [-0.3, -0.25) is 33.6 Å². The van der Waals surface area contributed by atoms with E-state index in [9.17, 15) is 38.7 Å². The lowest BCUT2D eigenvalue weighted by molar-refractivity contribution is -0.357. The van der Waals surface area contributed by atoms with Crippen LogP contribution in [0.4, 0.5) is 0 Å². The molecule has 0 spiro atoms. The predicted octanol–water partition coefficient (Wildman–Crippen LogP) is -1.40. The van der Waals surface area contributed by atoms with Crippen molar-refractivity contribution in [2.24, 2.45) is 0 Å². The molecule has 0 aliphatic carbocycles. The highest BCUT2D eigenvalue weighted by molar-refractivity contribution is 5.69. The fourth-order valence-corrected chi connectivity index (χ4v) is 4.49. The standard InChI is InChI=1S/C26H36O18/c1-10(27)35-8-17-20(21(38-13(4)30)23(25(34)42-17)40-15(6)32)44-26-24(41-16(7)33)22(39-14(5)31)19(37-12(3)29)18(43-26)9-36-11(2)28/h17-26,34H,8-9H2,1-7H3/t17-,18-,19-,20-,21+,22+,23+,24+,25?,26+/m1/s1. The highest BCUT2D eigenvalue weighted by Crippen LogP contribution is 2.34. The average Bonchev–Trinajstić information content (AvgIpc) is 2.87. The largest absolute Gasteiger partial charge is 0.463 e. The van der Waals surface area contributed by atoms with Crippen molar-refractivity contribution in [3.05, 3.63) is 0 Å². The van der Waals surface area contributed by atoms with E-state index in [0.29, 0.717) is 0 Å². The zero-order valence-corrected chi connectivity index (χ0v) is 25.1. The summed E-state index contributed by atoms with van der Waals surface area (Å²) in [5.74, 6) is -6.03. The maximum absolute atomic E-state index is 12.2. The molecule has 18 heteroatoms. The molecule has 0 aromatic heterocycles. The second-order valence-corrected chi connectivity index (χ2v) is 9.68. The molecule has 18 nitrogen and oxygen atoms in total. The van der Waals surface area contributed by atoms with Crippen LogP contribution in [-0.2, 0) is 80.9 Å². The Kier molecular flexibility index (Phi) is 13.4. The van der Waals surface area contributed by atoms with E-state index in [2.05, 4.69) is 0 Å². The van der Waals surface area contributed by atoms with Crippen molar-refractivity contribution in [2.75, 3.05) is 13.2 Å². The molecule has 0 aromatic carbocycles. The van der Waals surface area contributed by atoms with Gasteiger partial charge in [0, 0.05) is 48.5 Å². The molecular weight excluding hydrogens is 600 g/mol. The third-order valence-corrected chi connectivity index (χ3v) is 5.90. The normalized spacial score (nSPS) is 31.5. The van der Waals surface area contributed by atoms with Gasteiger partial charge in [0.1, 0.15) is 31.5 Å². The zero-order valence-electron chi connectivity index (χ0n) is 25.1. The molecule has 0 saturated carbocycles. The lowest BCUT2D eigenvalue weighted by Gasteiger charge is -2.48. The van der Waals surface area contributed by atoms with E-state index in [4.69, 9.17) is 47.4 Å². The Balaban J connectivity index is 2.66. The van der Waals surface area contributed by atoms with Crippen LogP contribution in [0.5, 0.6) is 0 Å². The third kappa shape index (κ3) is 10.7. The number of esters is 7. The van der Waals surface area contributed by atoms with Crippen LogP contribution in [0.25, 0.3) is 0 Å². The summed E-state index contributed by atoms with van der Waals surface area (Å²) >= 11 is 0. The highest BCUT2D eigenvalue weighted by atomic mass is 16.8. The van der Waals surface area contributed by atoms with Crippen LogP contribution < -0.4 is 0 Å². The number of carbonyl (C=O) groups is 7. The Morgan fingerprint density at radius 3 is 1.27 bits per heavy atom. The molecule has 2 heterocycles. The second kappa shape index (κ2) is 16.3. The fourth-order valence-electron chi connectivity index (χ4n) is 4.49. The first kappa shape index (κ1) is 36.3. The van der Waals surface area contributed by atoms with Crippen molar-refractivity contribution >= 4 is 41.8 Å². The van der Waals surface area contributed by atoms with Gasteiger partial charge in [0.25, 0.3) is 0 Å². The first-order chi connectivity index (χ1) is 20.5. The molecule has 1 unspecified atom stereocenters. The van der Waals surface area contributed by atoms with Gasteiger partial charge in [-0.25, -0.2) is 0 Å². The van der Waals surface area contributed by atoms with E-state index in [1.165, 1.54) is 0 Å². The number of aliphatic hydroxyl groups is 1. The van der Waals surface area contributed by atoms with Crippen molar-refractivity contribution in [1.29, 1.82) is 0 Å². The summed E-state index contributed by atoms with van der Waals surface area (Å²) in [6, 6.07) is 0. The Morgan fingerprint density at radius 1 is 0.477 bits per heavy atom. The molecule has 0 amide bonds. The van der Waals surface area contributed by atoms with E-state index in [1.807, 2.05) is 0 Å². The summed E-state index contributed by atoms with van der Waals surface area (Å²) in [6.07, 6.45) is -16.3. The van der Waals surface area contributed by atoms with Crippen LogP contribution in [0.3, 0.4) is 0 Å². The molecular formula is C26H36O18. The van der Waals surface area contributed by atoms with Gasteiger partial charge in [0.2, 0.25) is 0 Å². The van der Waals surface area contributed by atoms with Crippen molar-refractivity contribution < 1.29 is 86.0 Å². The van der Waals surface area contributed by atoms with E-state index in [0.717, 1.165) is 48.5 Å². The van der Waals surface area contributed by atoms with Gasteiger partial charge in [-0.2, -0.15) is 0 Å². The summed E-state index contributed by atoms with van der Waals surface area (Å²) < 4.78 is 54.1. The fraction of sp³-hybridized carbons (Fsp3) is 0.731. The first-order valence-electron chi connectivity index (χ1n) is 13.3. The lowest BCUT2D eigenvalue weighted by atomic mass is 9.96. The molecule has 10 atom stereocenters. The van der Waals surface area contributed by atoms with Crippen LogP contribution in [0.15, 0.2) is 0 Å². The summed E-state index contributed by atoms with van der Waals surface area (Å²) in [6.45, 7) is 6.11. The van der Waals surface area contributed by atoms with Gasteiger partial charge in [-0.15, -0.1) is 0 Å². The predicted molar refractivity (Wildman–Crippen MR) is 135 cm³/mol. The maximum atomic E-state index is 12.2. The first-order valence-corrected chi connectivity index (χ1v) is 13.3. The minimum atomic E-state index is -1.90. The Labute approximate surface area is 251 Å². The van der Waals surface area contributed by atoms with E-state index < -0.39 is 116 Å². The van der Waals surface area contributed by atoms with E-state index in [-0.39, 0.29) is 0 Å². The van der Waals surface area contributed by atoms with Crippen LogP contribution in [0.1, 0.15) is 48.5 Å². The van der Waals surface area contributed by atoms with Crippen molar-refractivity contribution in [3.63, 3.8) is 0 Å². The molecule has 44 heavy (non-hydrogen) atoms.